The third kappa shape index (κ3) is 6.59. The van der Waals surface area contributed by atoms with Crippen LogP contribution in [0.1, 0.15) is 62.0 Å². The summed E-state index contributed by atoms with van der Waals surface area (Å²) < 4.78 is 5.35. The van der Waals surface area contributed by atoms with Gasteiger partial charge in [0.05, 0.1) is 16.7 Å². The van der Waals surface area contributed by atoms with Crippen LogP contribution in [0.4, 0.5) is 4.79 Å². The molecule has 0 saturated carbocycles. The molecule has 1 aliphatic carbocycles. The molecule has 1 atom stereocenters. The smallest absolute Gasteiger partial charge is 0.407 e. The molecule has 0 radical (unpaired) electrons. The van der Waals surface area contributed by atoms with Gasteiger partial charge in [-0.3, -0.25) is 4.99 Å². The number of nitrogens with one attached hydrogen (secondary N) is 2. The average molecular weight is 422 g/mol. The largest absolute Gasteiger partial charge is 0.444 e. The van der Waals surface area contributed by atoms with Crippen LogP contribution in [-0.2, 0) is 24.0 Å². The Bertz CT molecular complexity index is 702. The quantitative estimate of drug-likeness (QED) is 0.434. The van der Waals surface area contributed by atoms with Crippen molar-refractivity contribution in [3.8, 4) is 0 Å². The van der Waals surface area contributed by atoms with Crippen molar-refractivity contribution < 1.29 is 9.53 Å². The van der Waals surface area contributed by atoms with Crippen LogP contribution >= 0.6 is 11.3 Å². The van der Waals surface area contributed by atoms with E-state index >= 15 is 0 Å². The Balaban J connectivity index is 1.38. The highest BCUT2D eigenvalue weighted by Gasteiger charge is 2.27. The van der Waals surface area contributed by atoms with Gasteiger partial charge in [-0.15, -0.1) is 11.3 Å². The van der Waals surface area contributed by atoms with Crippen LogP contribution < -0.4 is 10.6 Å². The number of aryl methyl sites for hydroxylation is 3. The lowest BCUT2D eigenvalue weighted by Crippen LogP contribution is -2.44. The molecule has 2 aliphatic rings. The topological polar surface area (TPSA) is 78.9 Å². The minimum absolute atomic E-state index is 0.0880. The van der Waals surface area contributed by atoms with Crippen molar-refractivity contribution in [1.82, 2.24) is 20.5 Å². The van der Waals surface area contributed by atoms with Crippen molar-refractivity contribution in [2.24, 2.45) is 4.99 Å². The molecule has 0 aromatic carbocycles. The molecule has 1 fully saturated rings. The molecule has 29 heavy (non-hydrogen) atoms. The summed E-state index contributed by atoms with van der Waals surface area (Å²) in [6, 6.07) is 0.0880. The van der Waals surface area contributed by atoms with E-state index in [9.17, 15) is 4.79 Å². The van der Waals surface area contributed by atoms with Gasteiger partial charge < -0.3 is 20.3 Å². The number of hydrogen-bond donors (Lipinski definition) is 2. The Morgan fingerprint density at radius 2 is 2.14 bits per heavy atom. The highest BCUT2D eigenvalue weighted by atomic mass is 32.1. The number of aliphatic imine (C=N–C) groups is 1. The first-order chi connectivity index (χ1) is 13.8. The number of alkyl carbamates (subject to hydrolysis) is 1. The van der Waals surface area contributed by atoms with E-state index < -0.39 is 5.60 Å². The van der Waals surface area contributed by atoms with Gasteiger partial charge in [0.2, 0.25) is 0 Å². The van der Waals surface area contributed by atoms with Gasteiger partial charge in [-0.1, -0.05) is 0 Å². The number of guanidine groups is 1. The van der Waals surface area contributed by atoms with Crippen LogP contribution in [0.25, 0.3) is 0 Å². The summed E-state index contributed by atoms with van der Waals surface area (Å²) in [5, 5.41) is 7.70. The van der Waals surface area contributed by atoms with Crippen molar-refractivity contribution in [3.63, 3.8) is 0 Å². The number of carbonyl (C=O) groups is 1. The minimum Gasteiger partial charge on any atom is -0.444 e. The Labute approximate surface area is 178 Å². The molecule has 1 unspecified atom stereocenters. The molecule has 2 N–H and O–H groups in total. The van der Waals surface area contributed by atoms with E-state index in [2.05, 4.69) is 20.5 Å². The van der Waals surface area contributed by atoms with Gasteiger partial charge in [0, 0.05) is 38.0 Å². The standard InChI is InChI=1S/C21H35N5O2S/c1-21(2,3)28-20(27)24-15-11-13-26(14-15)19(22-4)23-12-7-10-18-25-16-8-5-6-9-17(16)29-18/h15H,5-14H2,1-4H3,(H,22,23)(H,24,27). The van der Waals surface area contributed by atoms with E-state index in [1.165, 1.54) is 34.8 Å². The molecule has 7 nitrogen and oxygen atoms in total. The molecule has 0 spiro atoms. The van der Waals surface area contributed by atoms with E-state index in [0.717, 1.165) is 51.3 Å². The Hall–Kier alpha value is -1.83. The molecule has 2 heterocycles. The molecule has 1 aromatic heterocycles. The molecular weight excluding hydrogens is 386 g/mol. The highest BCUT2D eigenvalue weighted by Crippen LogP contribution is 2.27. The summed E-state index contributed by atoms with van der Waals surface area (Å²) in [5.41, 5.74) is 0.872. The number of aromatic nitrogens is 1. The SMILES string of the molecule is CN=C(NCCCc1nc2c(s1)CCCC2)N1CCC(NC(=O)OC(C)(C)C)C1. The number of nitrogens with zero attached hydrogens (tertiary/aromatic N) is 3. The lowest BCUT2D eigenvalue weighted by Gasteiger charge is -2.23. The molecule has 1 saturated heterocycles. The van der Waals surface area contributed by atoms with Crippen LogP contribution in [-0.4, -0.2) is 60.3 Å². The number of amides is 1. The molecule has 1 aliphatic heterocycles. The predicted octanol–water partition coefficient (Wildman–Crippen LogP) is 3.13. The zero-order valence-electron chi connectivity index (χ0n) is 18.2. The number of rotatable bonds is 5. The summed E-state index contributed by atoms with van der Waals surface area (Å²) in [4.78, 5) is 24.9. The van der Waals surface area contributed by atoms with Crippen LogP contribution in [0.3, 0.4) is 0 Å². The molecule has 162 valence electrons. The summed E-state index contributed by atoms with van der Waals surface area (Å²) in [5.74, 6) is 0.900. The number of carbonyl (C=O) groups excluding carboxylic acids is 1. The fourth-order valence-electron chi connectivity index (χ4n) is 3.83. The van der Waals surface area contributed by atoms with Gasteiger partial charge in [0.15, 0.2) is 5.96 Å². The van der Waals surface area contributed by atoms with Gasteiger partial charge >= 0.3 is 6.09 Å². The van der Waals surface area contributed by atoms with Crippen LogP contribution in [0.15, 0.2) is 4.99 Å². The van der Waals surface area contributed by atoms with Crippen molar-refractivity contribution in [2.75, 3.05) is 26.7 Å². The lowest BCUT2D eigenvalue weighted by molar-refractivity contribution is 0.0507. The fourth-order valence-corrected chi connectivity index (χ4v) is 5.03. The first-order valence-corrected chi connectivity index (χ1v) is 11.6. The minimum atomic E-state index is -0.476. The Morgan fingerprint density at radius 1 is 1.34 bits per heavy atom. The monoisotopic (exact) mass is 421 g/mol. The van der Waals surface area contributed by atoms with E-state index in [0.29, 0.717) is 0 Å². The fraction of sp³-hybridized carbons (Fsp3) is 0.762. The van der Waals surface area contributed by atoms with Crippen molar-refractivity contribution in [1.29, 1.82) is 0 Å². The Kier molecular flexibility index (Phi) is 7.38. The average Bonchev–Trinajstić information content (AvgIpc) is 3.26. The van der Waals surface area contributed by atoms with Gasteiger partial charge in [-0.25, -0.2) is 9.78 Å². The first kappa shape index (κ1) is 21.9. The van der Waals surface area contributed by atoms with Gasteiger partial charge in [0.1, 0.15) is 5.60 Å². The van der Waals surface area contributed by atoms with Crippen LogP contribution in [0.5, 0.6) is 0 Å². The summed E-state index contributed by atoms with van der Waals surface area (Å²) in [7, 11) is 1.81. The van der Waals surface area contributed by atoms with Crippen molar-refractivity contribution in [3.05, 3.63) is 15.6 Å². The van der Waals surface area contributed by atoms with E-state index in [1.807, 2.05) is 39.2 Å². The third-order valence-electron chi connectivity index (χ3n) is 5.16. The van der Waals surface area contributed by atoms with Gasteiger partial charge in [-0.05, 0) is 59.3 Å². The molecule has 8 heteroatoms. The number of ether oxygens (including phenoxy) is 1. The van der Waals surface area contributed by atoms with E-state index in [1.54, 1.807) is 0 Å². The number of likely N-dealkylation sites (tertiary alicyclic amines) is 1. The van der Waals surface area contributed by atoms with E-state index in [-0.39, 0.29) is 12.1 Å². The van der Waals surface area contributed by atoms with Crippen molar-refractivity contribution >= 4 is 23.4 Å². The highest BCUT2D eigenvalue weighted by molar-refractivity contribution is 7.11. The second-order valence-electron chi connectivity index (χ2n) is 8.84. The molecule has 1 amide bonds. The normalized spacial score (nSPS) is 19.8. The summed E-state index contributed by atoms with van der Waals surface area (Å²) in [6.45, 7) is 8.12. The van der Waals surface area contributed by atoms with Crippen molar-refractivity contribution in [2.45, 2.75) is 77.4 Å². The van der Waals surface area contributed by atoms with Crippen LogP contribution in [0.2, 0.25) is 0 Å². The predicted molar refractivity (Wildman–Crippen MR) is 118 cm³/mol. The van der Waals surface area contributed by atoms with E-state index in [4.69, 9.17) is 9.72 Å². The first-order valence-electron chi connectivity index (χ1n) is 10.8. The number of fused-ring (bicyclic) bond motifs is 1. The maximum atomic E-state index is 12.0. The molecule has 3 rings (SSSR count). The van der Waals surface area contributed by atoms with Gasteiger partial charge in [0.25, 0.3) is 0 Å². The summed E-state index contributed by atoms with van der Waals surface area (Å²) in [6.07, 6.45) is 7.57. The molecule has 1 aromatic rings. The second-order valence-corrected chi connectivity index (χ2v) is 10.0. The lowest BCUT2D eigenvalue weighted by atomic mass is 10.0. The number of hydrogen-bond acceptors (Lipinski definition) is 5. The number of thiazole rings is 1. The van der Waals surface area contributed by atoms with Crippen LogP contribution in [0, 0.1) is 0 Å². The molecular formula is C21H35N5O2S. The third-order valence-corrected chi connectivity index (χ3v) is 6.38. The maximum absolute atomic E-state index is 12.0. The van der Waals surface area contributed by atoms with Gasteiger partial charge in [-0.2, -0.15) is 0 Å². The Morgan fingerprint density at radius 3 is 2.86 bits per heavy atom. The zero-order chi connectivity index (χ0) is 20.9. The second kappa shape index (κ2) is 9.78. The zero-order valence-corrected chi connectivity index (χ0v) is 19.0. The summed E-state index contributed by atoms with van der Waals surface area (Å²) >= 11 is 1.90. The maximum Gasteiger partial charge on any atom is 0.407 e. The molecule has 0 bridgehead atoms.